The fourth-order valence-corrected chi connectivity index (χ4v) is 1.45. The number of nitrogens with one attached hydrogen (secondary N) is 1. The van der Waals surface area contributed by atoms with E-state index in [-0.39, 0.29) is 0 Å². The molecule has 0 aliphatic heterocycles. The van der Waals surface area contributed by atoms with Crippen molar-refractivity contribution in [2.75, 3.05) is 6.54 Å². The maximum atomic E-state index is 4.08. The van der Waals surface area contributed by atoms with E-state index in [0.717, 1.165) is 30.7 Å². The second-order valence-electron chi connectivity index (χ2n) is 3.80. The summed E-state index contributed by atoms with van der Waals surface area (Å²) >= 11 is 0. The molecule has 0 aromatic carbocycles. The van der Waals surface area contributed by atoms with E-state index < -0.39 is 0 Å². The highest BCUT2D eigenvalue weighted by atomic mass is 15.6. The van der Waals surface area contributed by atoms with E-state index in [1.807, 2.05) is 0 Å². The molecule has 5 nitrogen and oxygen atoms in total. The van der Waals surface area contributed by atoms with Crippen LogP contribution in [0.1, 0.15) is 19.2 Å². The number of aryl methyl sites for hydroxylation is 1. The van der Waals surface area contributed by atoms with E-state index in [9.17, 15) is 0 Å². The fraction of sp³-hybridized carbons (Fsp3) is 0.875. The smallest absolute Gasteiger partial charge is 0.188 e. The SMILES string of the molecule is CC1CC1CNCc1nnn(C)n1. The first-order valence-corrected chi connectivity index (χ1v) is 4.69. The van der Waals surface area contributed by atoms with Gasteiger partial charge in [-0.1, -0.05) is 6.92 Å². The van der Waals surface area contributed by atoms with E-state index in [1.54, 1.807) is 7.05 Å². The molecule has 0 amide bonds. The van der Waals surface area contributed by atoms with Gasteiger partial charge >= 0.3 is 0 Å². The molecule has 2 atom stereocenters. The molecular weight excluding hydrogens is 166 g/mol. The summed E-state index contributed by atoms with van der Waals surface area (Å²) in [6.07, 6.45) is 1.36. The lowest BCUT2D eigenvalue weighted by molar-refractivity contribution is 0.590. The van der Waals surface area contributed by atoms with E-state index in [2.05, 4.69) is 27.7 Å². The zero-order valence-corrected chi connectivity index (χ0v) is 8.06. The first-order valence-electron chi connectivity index (χ1n) is 4.69. The Labute approximate surface area is 77.5 Å². The third-order valence-electron chi connectivity index (χ3n) is 2.52. The first kappa shape index (κ1) is 8.62. The molecule has 0 radical (unpaired) electrons. The maximum Gasteiger partial charge on any atom is 0.188 e. The van der Waals surface area contributed by atoms with Gasteiger partial charge in [0.05, 0.1) is 13.6 Å². The summed E-state index contributed by atoms with van der Waals surface area (Å²) in [6.45, 7) is 4.10. The number of aromatic nitrogens is 4. The number of nitrogens with zero attached hydrogens (tertiary/aromatic N) is 4. The van der Waals surface area contributed by atoms with Gasteiger partial charge in [0, 0.05) is 0 Å². The largest absolute Gasteiger partial charge is 0.309 e. The van der Waals surface area contributed by atoms with Crippen molar-refractivity contribution < 1.29 is 0 Å². The minimum atomic E-state index is 0.733. The monoisotopic (exact) mass is 181 g/mol. The molecule has 1 aliphatic carbocycles. The molecular formula is C8H15N5. The molecule has 0 spiro atoms. The summed E-state index contributed by atoms with van der Waals surface area (Å²) in [6, 6.07) is 0. The summed E-state index contributed by atoms with van der Waals surface area (Å²) in [7, 11) is 1.78. The molecule has 0 saturated heterocycles. The number of tetrazole rings is 1. The predicted molar refractivity (Wildman–Crippen MR) is 47.8 cm³/mol. The topological polar surface area (TPSA) is 55.6 Å². The molecule has 1 aromatic heterocycles. The van der Waals surface area contributed by atoms with Gasteiger partial charge in [-0.2, -0.15) is 4.80 Å². The Bertz CT molecular complexity index is 282. The van der Waals surface area contributed by atoms with Crippen LogP contribution in [-0.4, -0.2) is 26.8 Å². The lowest BCUT2D eigenvalue weighted by atomic mass is 10.3. The molecule has 2 rings (SSSR count). The third-order valence-corrected chi connectivity index (χ3v) is 2.52. The average molecular weight is 181 g/mol. The Kier molecular flexibility index (Phi) is 2.26. The normalized spacial score (nSPS) is 26.3. The molecule has 0 bridgehead atoms. The summed E-state index contributed by atoms with van der Waals surface area (Å²) < 4.78 is 0. The Balaban J connectivity index is 1.68. The standard InChI is InChI=1S/C8H15N5/c1-6-3-7(6)4-9-5-8-10-12-13(2)11-8/h6-7,9H,3-5H2,1-2H3. The quantitative estimate of drug-likeness (QED) is 0.708. The lowest BCUT2D eigenvalue weighted by Crippen LogP contribution is -2.17. The number of hydrogen-bond donors (Lipinski definition) is 1. The van der Waals surface area contributed by atoms with Crippen LogP contribution < -0.4 is 5.32 Å². The molecule has 1 N–H and O–H groups in total. The van der Waals surface area contributed by atoms with Crippen molar-refractivity contribution in [1.29, 1.82) is 0 Å². The van der Waals surface area contributed by atoms with Gasteiger partial charge < -0.3 is 5.32 Å². The summed E-state index contributed by atoms with van der Waals surface area (Å²) in [5.41, 5.74) is 0. The van der Waals surface area contributed by atoms with Gasteiger partial charge in [-0.15, -0.1) is 10.2 Å². The molecule has 1 saturated carbocycles. The van der Waals surface area contributed by atoms with E-state index >= 15 is 0 Å². The number of hydrogen-bond acceptors (Lipinski definition) is 4. The highest BCUT2D eigenvalue weighted by Gasteiger charge is 2.31. The van der Waals surface area contributed by atoms with Crippen LogP contribution in [0.25, 0.3) is 0 Å². The predicted octanol–water partition coefficient (Wildman–Crippen LogP) is -0.0443. The molecule has 5 heteroatoms. The van der Waals surface area contributed by atoms with Gasteiger partial charge in [0.2, 0.25) is 0 Å². The molecule has 72 valence electrons. The number of rotatable bonds is 4. The van der Waals surface area contributed by atoms with Crippen LogP contribution in [0.3, 0.4) is 0 Å². The third kappa shape index (κ3) is 2.24. The van der Waals surface area contributed by atoms with Gasteiger partial charge in [0.15, 0.2) is 5.82 Å². The van der Waals surface area contributed by atoms with E-state index in [0.29, 0.717) is 0 Å². The van der Waals surface area contributed by atoms with E-state index in [1.165, 1.54) is 11.2 Å². The van der Waals surface area contributed by atoms with Crippen molar-refractivity contribution in [3.63, 3.8) is 0 Å². The van der Waals surface area contributed by atoms with Crippen molar-refractivity contribution in [2.24, 2.45) is 18.9 Å². The lowest BCUT2D eigenvalue weighted by Gasteiger charge is -1.98. The van der Waals surface area contributed by atoms with Crippen molar-refractivity contribution in [3.05, 3.63) is 5.82 Å². The summed E-state index contributed by atoms with van der Waals surface area (Å²) in [5.74, 6) is 2.55. The van der Waals surface area contributed by atoms with Crippen molar-refractivity contribution >= 4 is 0 Å². The highest BCUT2D eigenvalue weighted by Crippen LogP contribution is 2.36. The summed E-state index contributed by atoms with van der Waals surface area (Å²) in [5, 5.41) is 15.1. The Morgan fingerprint density at radius 3 is 2.92 bits per heavy atom. The van der Waals surface area contributed by atoms with Gasteiger partial charge in [0.1, 0.15) is 0 Å². The van der Waals surface area contributed by atoms with Gasteiger partial charge in [0.25, 0.3) is 0 Å². The van der Waals surface area contributed by atoms with Crippen molar-refractivity contribution in [1.82, 2.24) is 25.5 Å². The summed E-state index contributed by atoms with van der Waals surface area (Å²) in [4.78, 5) is 1.48. The Morgan fingerprint density at radius 2 is 2.38 bits per heavy atom. The van der Waals surface area contributed by atoms with Crippen LogP contribution in [0.5, 0.6) is 0 Å². The minimum Gasteiger partial charge on any atom is -0.309 e. The second kappa shape index (κ2) is 3.41. The minimum absolute atomic E-state index is 0.733. The maximum absolute atomic E-state index is 4.08. The van der Waals surface area contributed by atoms with Crippen LogP contribution in [-0.2, 0) is 13.6 Å². The molecule has 1 aliphatic rings. The molecule has 2 unspecified atom stereocenters. The highest BCUT2D eigenvalue weighted by molar-refractivity contribution is 4.85. The zero-order valence-electron chi connectivity index (χ0n) is 8.06. The van der Waals surface area contributed by atoms with Crippen LogP contribution in [0.2, 0.25) is 0 Å². The zero-order chi connectivity index (χ0) is 9.26. The van der Waals surface area contributed by atoms with E-state index in [4.69, 9.17) is 0 Å². The van der Waals surface area contributed by atoms with Crippen LogP contribution in [0, 0.1) is 11.8 Å². The molecule has 1 fully saturated rings. The Hall–Kier alpha value is -0.970. The van der Waals surface area contributed by atoms with Gasteiger partial charge in [-0.05, 0) is 30.0 Å². The molecule has 13 heavy (non-hydrogen) atoms. The van der Waals surface area contributed by atoms with Crippen LogP contribution in [0.4, 0.5) is 0 Å². The van der Waals surface area contributed by atoms with Crippen molar-refractivity contribution in [2.45, 2.75) is 19.9 Å². The Morgan fingerprint density at radius 1 is 1.62 bits per heavy atom. The average Bonchev–Trinajstić information content (AvgIpc) is 2.60. The molecule has 1 aromatic rings. The van der Waals surface area contributed by atoms with Crippen molar-refractivity contribution in [3.8, 4) is 0 Å². The van der Waals surface area contributed by atoms with Gasteiger partial charge in [-0.3, -0.25) is 0 Å². The van der Waals surface area contributed by atoms with Crippen LogP contribution in [0.15, 0.2) is 0 Å². The van der Waals surface area contributed by atoms with Crippen LogP contribution >= 0.6 is 0 Å². The second-order valence-corrected chi connectivity index (χ2v) is 3.80. The first-order chi connectivity index (χ1) is 6.25. The fourth-order valence-electron chi connectivity index (χ4n) is 1.45. The van der Waals surface area contributed by atoms with Gasteiger partial charge in [-0.25, -0.2) is 0 Å². The molecule has 1 heterocycles.